The maximum absolute atomic E-state index is 5.34. The van der Waals surface area contributed by atoms with Crippen LogP contribution >= 0.6 is 0 Å². The summed E-state index contributed by atoms with van der Waals surface area (Å²) < 4.78 is 0. The normalized spacial score (nSPS) is 12.9. The summed E-state index contributed by atoms with van der Waals surface area (Å²) in [4.78, 5) is 10.2. The summed E-state index contributed by atoms with van der Waals surface area (Å²) in [6.07, 6.45) is 1.98. The zero-order valence-corrected chi connectivity index (χ0v) is 31.6. The van der Waals surface area contributed by atoms with Gasteiger partial charge in [-0.3, -0.25) is 4.98 Å². The molecule has 0 amide bonds. The molecule has 0 saturated heterocycles. The van der Waals surface area contributed by atoms with E-state index in [-0.39, 0.29) is 0 Å². The van der Waals surface area contributed by atoms with Gasteiger partial charge in [0, 0.05) is 22.5 Å². The predicted molar refractivity (Wildman–Crippen MR) is 230 cm³/mol. The zero-order chi connectivity index (χ0) is 37.3. The standard InChI is InChI=1S/C53H40N2/c1-33-32-54-51-43(34(33)2)29-30-44-35(3)36(4)50(55-52(44)51)40-16-13-15-39(31-40)37-25-27-38(28-26-37)45-22-14-24-48-49(45)46-21-11-12-23-47(46)53(48,41-17-7-5-8-18-41)42-19-9-6-10-20-42/h5-32H,1-4H3. The first-order valence-electron chi connectivity index (χ1n) is 19.2. The topological polar surface area (TPSA) is 25.8 Å². The van der Waals surface area contributed by atoms with Crippen LogP contribution in [0.1, 0.15) is 44.5 Å². The van der Waals surface area contributed by atoms with Crippen molar-refractivity contribution in [3.63, 3.8) is 0 Å². The van der Waals surface area contributed by atoms with Crippen molar-refractivity contribution >= 4 is 21.8 Å². The Morgan fingerprint density at radius 1 is 0.418 bits per heavy atom. The lowest BCUT2D eigenvalue weighted by atomic mass is 9.67. The van der Waals surface area contributed by atoms with Gasteiger partial charge in [-0.05, 0) is 112 Å². The van der Waals surface area contributed by atoms with Gasteiger partial charge >= 0.3 is 0 Å². The quantitative estimate of drug-likeness (QED) is 0.167. The Morgan fingerprint density at radius 2 is 1.00 bits per heavy atom. The molecule has 262 valence electrons. The molecular formula is C53H40N2. The molecule has 0 N–H and O–H groups in total. The van der Waals surface area contributed by atoms with Crippen LogP contribution in [0.15, 0.2) is 170 Å². The van der Waals surface area contributed by atoms with E-state index in [9.17, 15) is 0 Å². The molecule has 10 rings (SSSR count). The fraction of sp³-hybridized carbons (Fsp3) is 0.0943. The molecular weight excluding hydrogens is 665 g/mol. The number of nitrogens with zero attached hydrogens (tertiary/aromatic N) is 2. The van der Waals surface area contributed by atoms with Gasteiger partial charge in [0.25, 0.3) is 0 Å². The van der Waals surface area contributed by atoms with E-state index >= 15 is 0 Å². The molecule has 2 heteroatoms. The Labute approximate surface area is 322 Å². The summed E-state index contributed by atoms with van der Waals surface area (Å²) in [6.45, 7) is 8.70. The highest BCUT2D eigenvalue weighted by Crippen LogP contribution is 2.58. The van der Waals surface area contributed by atoms with E-state index < -0.39 is 5.41 Å². The first-order valence-corrected chi connectivity index (χ1v) is 19.2. The van der Waals surface area contributed by atoms with E-state index in [2.05, 4.69) is 191 Å². The van der Waals surface area contributed by atoms with Crippen molar-refractivity contribution in [1.82, 2.24) is 9.97 Å². The fourth-order valence-corrected chi connectivity index (χ4v) is 9.18. The van der Waals surface area contributed by atoms with Crippen molar-refractivity contribution in [3.05, 3.63) is 214 Å². The number of pyridine rings is 2. The molecule has 0 bridgehead atoms. The summed E-state index contributed by atoms with van der Waals surface area (Å²) in [5.41, 5.74) is 21.1. The van der Waals surface area contributed by atoms with E-state index in [4.69, 9.17) is 9.97 Å². The maximum Gasteiger partial charge on any atom is 0.0975 e. The third kappa shape index (κ3) is 4.95. The molecule has 2 aromatic heterocycles. The second-order valence-corrected chi connectivity index (χ2v) is 15.0. The summed E-state index contributed by atoms with van der Waals surface area (Å²) >= 11 is 0. The Kier molecular flexibility index (Phi) is 7.64. The largest absolute Gasteiger partial charge is 0.254 e. The predicted octanol–water partition coefficient (Wildman–Crippen LogP) is 13.4. The van der Waals surface area contributed by atoms with Gasteiger partial charge in [0.1, 0.15) is 0 Å². The lowest BCUT2D eigenvalue weighted by Crippen LogP contribution is -2.28. The van der Waals surface area contributed by atoms with Gasteiger partial charge in [0.2, 0.25) is 0 Å². The van der Waals surface area contributed by atoms with Crippen LogP contribution in [0.2, 0.25) is 0 Å². The highest BCUT2D eigenvalue weighted by molar-refractivity contribution is 6.06. The summed E-state index contributed by atoms with van der Waals surface area (Å²) in [5.74, 6) is 0. The molecule has 2 nitrogen and oxygen atoms in total. The SMILES string of the molecule is Cc1cnc2c(ccc3c(C)c(C)c(-c4cccc(-c5ccc(-c6cccc7c6-c6ccccc6C7(c6ccccc6)c6ccccc6)cc5)c4)nc32)c1C. The number of benzene rings is 7. The molecule has 9 aromatic rings. The number of fused-ring (bicyclic) bond motifs is 6. The molecule has 0 unspecified atom stereocenters. The van der Waals surface area contributed by atoms with E-state index in [0.29, 0.717) is 0 Å². The van der Waals surface area contributed by atoms with Crippen molar-refractivity contribution in [2.75, 3.05) is 0 Å². The maximum atomic E-state index is 5.34. The molecule has 55 heavy (non-hydrogen) atoms. The van der Waals surface area contributed by atoms with E-state index in [0.717, 1.165) is 27.7 Å². The lowest BCUT2D eigenvalue weighted by Gasteiger charge is -2.34. The highest BCUT2D eigenvalue weighted by atomic mass is 14.8. The number of hydrogen-bond acceptors (Lipinski definition) is 2. The molecule has 0 fully saturated rings. The average molecular weight is 705 g/mol. The van der Waals surface area contributed by atoms with Gasteiger partial charge in [-0.15, -0.1) is 0 Å². The minimum Gasteiger partial charge on any atom is -0.254 e. The minimum absolute atomic E-state index is 0.418. The molecule has 0 aliphatic heterocycles. The summed E-state index contributed by atoms with van der Waals surface area (Å²) in [7, 11) is 0. The van der Waals surface area contributed by atoms with Crippen molar-refractivity contribution in [2.24, 2.45) is 0 Å². The van der Waals surface area contributed by atoms with Crippen LogP contribution in [-0.2, 0) is 5.41 Å². The van der Waals surface area contributed by atoms with Crippen molar-refractivity contribution in [2.45, 2.75) is 33.1 Å². The van der Waals surface area contributed by atoms with E-state index in [1.165, 1.54) is 83.3 Å². The zero-order valence-electron chi connectivity index (χ0n) is 31.6. The van der Waals surface area contributed by atoms with Crippen LogP contribution in [0.3, 0.4) is 0 Å². The summed E-state index contributed by atoms with van der Waals surface area (Å²) in [5, 5.41) is 2.33. The molecule has 1 aliphatic carbocycles. The number of rotatable bonds is 5. The molecule has 2 heterocycles. The third-order valence-electron chi connectivity index (χ3n) is 12.2. The molecule has 1 aliphatic rings. The van der Waals surface area contributed by atoms with Crippen molar-refractivity contribution in [3.8, 4) is 44.6 Å². The summed E-state index contributed by atoms with van der Waals surface area (Å²) in [6, 6.07) is 60.2. The van der Waals surface area contributed by atoms with Crippen LogP contribution < -0.4 is 0 Å². The molecule has 7 aromatic carbocycles. The second kappa shape index (κ2) is 12.7. The van der Waals surface area contributed by atoms with Crippen LogP contribution in [0.4, 0.5) is 0 Å². The highest BCUT2D eigenvalue weighted by Gasteiger charge is 2.46. The third-order valence-corrected chi connectivity index (χ3v) is 12.2. The monoisotopic (exact) mass is 704 g/mol. The molecule has 0 radical (unpaired) electrons. The minimum atomic E-state index is -0.418. The molecule has 0 saturated carbocycles. The van der Waals surface area contributed by atoms with E-state index in [1.54, 1.807) is 0 Å². The van der Waals surface area contributed by atoms with Gasteiger partial charge < -0.3 is 0 Å². The Bertz CT molecular complexity index is 2900. The first-order chi connectivity index (χ1) is 26.9. The Balaban J connectivity index is 1.08. The van der Waals surface area contributed by atoms with Gasteiger partial charge in [-0.2, -0.15) is 0 Å². The van der Waals surface area contributed by atoms with Gasteiger partial charge in [-0.1, -0.05) is 158 Å². The van der Waals surface area contributed by atoms with Gasteiger partial charge in [0.15, 0.2) is 0 Å². The van der Waals surface area contributed by atoms with Crippen LogP contribution in [-0.4, -0.2) is 9.97 Å². The number of aromatic nitrogens is 2. The van der Waals surface area contributed by atoms with Crippen molar-refractivity contribution in [1.29, 1.82) is 0 Å². The van der Waals surface area contributed by atoms with Crippen LogP contribution in [0, 0.1) is 27.7 Å². The van der Waals surface area contributed by atoms with Crippen LogP contribution in [0.5, 0.6) is 0 Å². The van der Waals surface area contributed by atoms with E-state index in [1.807, 2.05) is 6.20 Å². The Morgan fingerprint density at radius 3 is 1.73 bits per heavy atom. The number of hydrogen-bond donors (Lipinski definition) is 0. The first kappa shape index (κ1) is 33.0. The molecule has 0 atom stereocenters. The van der Waals surface area contributed by atoms with Gasteiger partial charge in [-0.25, -0.2) is 4.98 Å². The average Bonchev–Trinajstić information content (AvgIpc) is 3.55. The van der Waals surface area contributed by atoms with Crippen LogP contribution in [0.25, 0.3) is 66.4 Å². The number of aryl methyl sites for hydroxylation is 3. The lowest BCUT2D eigenvalue weighted by molar-refractivity contribution is 0.768. The fourth-order valence-electron chi connectivity index (χ4n) is 9.18. The second-order valence-electron chi connectivity index (χ2n) is 15.0. The smallest absolute Gasteiger partial charge is 0.0975 e. The molecule has 0 spiro atoms. The van der Waals surface area contributed by atoms with Crippen molar-refractivity contribution < 1.29 is 0 Å². The Hall–Kier alpha value is -6.64. The van der Waals surface area contributed by atoms with Gasteiger partial charge in [0.05, 0.1) is 22.1 Å².